The van der Waals surface area contributed by atoms with Crippen molar-refractivity contribution in [3.8, 4) is 11.5 Å². The number of amides is 1. The lowest BCUT2D eigenvalue weighted by molar-refractivity contribution is 0.0944. The summed E-state index contributed by atoms with van der Waals surface area (Å²) in [6, 6.07) is 11.9. The molecule has 5 heteroatoms. The van der Waals surface area contributed by atoms with Gasteiger partial charge in [-0.15, -0.1) is 0 Å². The Balaban J connectivity index is 2.17. The fraction of sp³-hybridized carbons (Fsp3) is 0.350. The predicted octanol–water partition coefficient (Wildman–Crippen LogP) is 4.32. The fourth-order valence-electron chi connectivity index (χ4n) is 2.59. The maximum absolute atomic E-state index is 12.7. The van der Waals surface area contributed by atoms with Crippen LogP contribution in [0.3, 0.4) is 0 Å². The molecule has 0 heterocycles. The minimum absolute atomic E-state index is 0.119. The first kappa shape index (κ1) is 19.6. The van der Waals surface area contributed by atoms with Crippen LogP contribution in [0.25, 0.3) is 0 Å². The minimum atomic E-state index is -0.163. The molecule has 0 unspecified atom stereocenters. The van der Waals surface area contributed by atoms with Gasteiger partial charge in [-0.2, -0.15) is 0 Å². The van der Waals surface area contributed by atoms with E-state index >= 15 is 0 Å². The lowest BCUT2D eigenvalue weighted by Crippen LogP contribution is -2.37. The largest absolute Gasteiger partial charge is 0.493 e. The summed E-state index contributed by atoms with van der Waals surface area (Å²) >= 11 is 2.14. The van der Waals surface area contributed by atoms with Crippen molar-refractivity contribution in [2.75, 3.05) is 20.8 Å². The molecular formula is C20H24INO3. The van der Waals surface area contributed by atoms with E-state index in [1.807, 2.05) is 6.07 Å². The lowest BCUT2D eigenvalue weighted by Gasteiger charge is -2.26. The number of ether oxygens (including phenoxy) is 2. The van der Waals surface area contributed by atoms with Crippen LogP contribution >= 0.6 is 22.6 Å². The summed E-state index contributed by atoms with van der Waals surface area (Å²) in [4.78, 5) is 12.7. The van der Waals surface area contributed by atoms with E-state index < -0.39 is 0 Å². The Kier molecular flexibility index (Phi) is 6.32. The molecule has 2 aromatic carbocycles. The Bertz CT molecular complexity index is 772. The maximum Gasteiger partial charge on any atom is 0.252 e. The number of carbonyl (C=O) groups excluding carboxylic acids is 1. The molecule has 0 bridgehead atoms. The molecular weight excluding hydrogens is 429 g/mol. The van der Waals surface area contributed by atoms with E-state index in [4.69, 9.17) is 9.47 Å². The molecule has 0 aliphatic carbocycles. The Hall–Kier alpha value is -1.76. The van der Waals surface area contributed by atoms with Crippen LogP contribution in [0.1, 0.15) is 35.3 Å². The molecule has 0 aliphatic rings. The van der Waals surface area contributed by atoms with Crippen molar-refractivity contribution in [2.45, 2.75) is 26.2 Å². The molecule has 0 spiro atoms. The fourth-order valence-corrected chi connectivity index (χ4v) is 3.28. The number of rotatable bonds is 6. The standard InChI is InChI=1S/C20H24INO3/c1-13-7-6-8-14(9-13)20(2,3)12-22-19(23)15-10-17(24-4)18(25-5)11-16(15)21/h6-11H,12H2,1-5H3,(H,22,23). The van der Waals surface area contributed by atoms with Crippen LogP contribution in [-0.4, -0.2) is 26.7 Å². The first-order chi connectivity index (χ1) is 11.8. The second-order valence-corrected chi connectivity index (χ2v) is 7.79. The zero-order chi connectivity index (χ0) is 18.6. The molecule has 25 heavy (non-hydrogen) atoms. The third-order valence-corrected chi connectivity index (χ3v) is 5.10. The highest BCUT2D eigenvalue weighted by Crippen LogP contribution is 2.31. The van der Waals surface area contributed by atoms with Crippen LogP contribution in [0, 0.1) is 10.5 Å². The highest BCUT2D eigenvalue weighted by Gasteiger charge is 2.23. The summed E-state index contributed by atoms with van der Waals surface area (Å²) in [5.74, 6) is 1.04. The van der Waals surface area contributed by atoms with E-state index in [9.17, 15) is 4.79 Å². The van der Waals surface area contributed by atoms with Crippen molar-refractivity contribution in [3.05, 3.63) is 56.7 Å². The first-order valence-electron chi connectivity index (χ1n) is 8.05. The molecule has 0 radical (unpaired) electrons. The summed E-state index contributed by atoms with van der Waals surface area (Å²) in [7, 11) is 3.14. The third kappa shape index (κ3) is 4.66. The molecule has 1 N–H and O–H groups in total. The summed E-state index contributed by atoms with van der Waals surface area (Å²) in [5, 5.41) is 3.05. The average molecular weight is 453 g/mol. The number of aryl methyl sites for hydroxylation is 1. The second-order valence-electron chi connectivity index (χ2n) is 6.62. The van der Waals surface area contributed by atoms with E-state index in [2.05, 4.69) is 66.9 Å². The SMILES string of the molecule is COc1cc(I)c(C(=O)NCC(C)(C)c2cccc(C)c2)cc1OC. The average Bonchev–Trinajstić information content (AvgIpc) is 2.59. The summed E-state index contributed by atoms with van der Waals surface area (Å²) in [5.41, 5.74) is 2.84. The molecule has 0 aromatic heterocycles. The molecule has 0 saturated heterocycles. The molecule has 2 aromatic rings. The van der Waals surface area contributed by atoms with Gasteiger partial charge in [-0.1, -0.05) is 43.7 Å². The monoisotopic (exact) mass is 453 g/mol. The van der Waals surface area contributed by atoms with Crippen LogP contribution in [0.2, 0.25) is 0 Å². The molecule has 1 amide bonds. The van der Waals surface area contributed by atoms with Crippen molar-refractivity contribution in [2.24, 2.45) is 0 Å². The number of halogens is 1. The van der Waals surface area contributed by atoms with Crippen LogP contribution in [0.4, 0.5) is 0 Å². The molecule has 0 aliphatic heterocycles. The summed E-state index contributed by atoms with van der Waals surface area (Å²) < 4.78 is 11.4. The van der Waals surface area contributed by atoms with Crippen LogP contribution in [0.5, 0.6) is 11.5 Å². The van der Waals surface area contributed by atoms with E-state index in [-0.39, 0.29) is 11.3 Å². The van der Waals surface area contributed by atoms with Crippen LogP contribution in [0.15, 0.2) is 36.4 Å². The normalized spacial score (nSPS) is 11.1. The van der Waals surface area contributed by atoms with E-state index in [0.717, 1.165) is 3.57 Å². The van der Waals surface area contributed by atoms with Gasteiger partial charge in [0, 0.05) is 15.5 Å². The Labute approximate surface area is 163 Å². The highest BCUT2D eigenvalue weighted by atomic mass is 127. The Morgan fingerprint density at radius 1 is 1.12 bits per heavy atom. The topological polar surface area (TPSA) is 47.6 Å². The van der Waals surface area contributed by atoms with Gasteiger partial charge in [0.1, 0.15) is 0 Å². The van der Waals surface area contributed by atoms with Crippen molar-refractivity contribution in [1.82, 2.24) is 5.32 Å². The van der Waals surface area contributed by atoms with Crippen molar-refractivity contribution in [3.63, 3.8) is 0 Å². The zero-order valence-electron chi connectivity index (χ0n) is 15.3. The van der Waals surface area contributed by atoms with Gasteiger partial charge >= 0.3 is 0 Å². The maximum atomic E-state index is 12.7. The number of hydrogen-bond acceptors (Lipinski definition) is 3. The number of methoxy groups -OCH3 is 2. The van der Waals surface area contributed by atoms with E-state index in [1.54, 1.807) is 26.4 Å². The third-order valence-electron chi connectivity index (χ3n) is 4.21. The highest BCUT2D eigenvalue weighted by molar-refractivity contribution is 14.1. The molecule has 2 rings (SSSR count). The van der Waals surface area contributed by atoms with Gasteiger partial charge in [0.05, 0.1) is 19.8 Å². The van der Waals surface area contributed by atoms with Gasteiger partial charge < -0.3 is 14.8 Å². The minimum Gasteiger partial charge on any atom is -0.493 e. The van der Waals surface area contributed by atoms with Crippen LogP contribution < -0.4 is 14.8 Å². The van der Waals surface area contributed by atoms with Gasteiger partial charge in [-0.05, 0) is 47.2 Å². The number of benzene rings is 2. The molecule has 0 saturated carbocycles. The Morgan fingerprint density at radius 2 is 1.76 bits per heavy atom. The van der Waals surface area contributed by atoms with E-state index in [1.165, 1.54) is 11.1 Å². The second kappa shape index (κ2) is 8.08. The quantitative estimate of drug-likeness (QED) is 0.663. The van der Waals surface area contributed by atoms with Gasteiger partial charge in [-0.3, -0.25) is 4.79 Å². The smallest absolute Gasteiger partial charge is 0.252 e. The lowest BCUT2D eigenvalue weighted by atomic mass is 9.84. The van der Waals surface area contributed by atoms with Gasteiger partial charge in [0.15, 0.2) is 11.5 Å². The Morgan fingerprint density at radius 3 is 2.36 bits per heavy atom. The van der Waals surface area contributed by atoms with Gasteiger partial charge in [0.2, 0.25) is 0 Å². The van der Waals surface area contributed by atoms with Crippen molar-refractivity contribution in [1.29, 1.82) is 0 Å². The van der Waals surface area contributed by atoms with Crippen molar-refractivity contribution >= 4 is 28.5 Å². The summed E-state index contributed by atoms with van der Waals surface area (Å²) in [6.07, 6.45) is 0. The van der Waals surface area contributed by atoms with E-state index in [0.29, 0.717) is 23.6 Å². The van der Waals surface area contributed by atoms with Crippen molar-refractivity contribution < 1.29 is 14.3 Å². The zero-order valence-corrected chi connectivity index (χ0v) is 17.4. The number of nitrogens with one attached hydrogen (secondary N) is 1. The number of carbonyl (C=O) groups is 1. The molecule has 4 nitrogen and oxygen atoms in total. The molecule has 134 valence electrons. The summed E-state index contributed by atoms with van der Waals surface area (Å²) in [6.45, 7) is 6.87. The first-order valence-corrected chi connectivity index (χ1v) is 9.13. The molecule has 0 atom stereocenters. The van der Waals surface area contributed by atoms with Gasteiger partial charge in [-0.25, -0.2) is 0 Å². The molecule has 0 fully saturated rings. The van der Waals surface area contributed by atoms with Gasteiger partial charge in [0.25, 0.3) is 5.91 Å². The van der Waals surface area contributed by atoms with Crippen LogP contribution in [-0.2, 0) is 5.41 Å². The number of hydrogen-bond donors (Lipinski definition) is 1. The predicted molar refractivity (Wildman–Crippen MR) is 109 cm³/mol.